The number of benzene rings is 2. The molecule has 2 aromatic carbocycles. The van der Waals surface area contributed by atoms with Crippen LogP contribution in [0.2, 0.25) is 0 Å². The van der Waals surface area contributed by atoms with Crippen molar-refractivity contribution in [2.75, 3.05) is 13.1 Å². The molecule has 0 aliphatic carbocycles. The lowest BCUT2D eigenvalue weighted by Gasteiger charge is -2.35. The molecule has 0 saturated carbocycles. The van der Waals surface area contributed by atoms with E-state index in [1.165, 1.54) is 0 Å². The van der Waals surface area contributed by atoms with Gasteiger partial charge in [0.05, 0.1) is 12.7 Å². The normalized spacial score (nSPS) is 16.1. The Morgan fingerprint density at radius 3 is 2.64 bits per heavy atom. The average molecular weight is 440 g/mol. The number of aryl methyl sites for hydroxylation is 1. The molecule has 5 rings (SSSR count). The first-order chi connectivity index (χ1) is 16.1. The standard InChI is InChI=1S/C27H25N3O3/c1-18-2-7-23-22(17-33-25(23)14-18)16-26(31)30-13-12-29-27(32)24(30)15-19-3-5-20(6-4-19)21-8-10-28-11-9-21/h2-11,14,17,24H,12-13,15-16H2,1H3,(H,29,32)/t24-/m1/s1. The molecule has 0 spiro atoms. The van der Waals surface area contributed by atoms with Crippen molar-refractivity contribution < 1.29 is 14.0 Å². The Balaban J connectivity index is 1.33. The third kappa shape index (κ3) is 4.37. The van der Waals surface area contributed by atoms with Crippen LogP contribution in [0.3, 0.4) is 0 Å². The molecule has 1 fully saturated rings. The van der Waals surface area contributed by atoms with Gasteiger partial charge >= 0.3 is 0 Å². The van der Waals surface area contributed by atoms with Crippen LogP contribution < -0.4 is 5.32 Å². The van der Waals surface area contributed by atoms with Crippen LogP contribution in [0.25, 0.3) is 22.1 Å². The number of pyridine rings is 1. The van der Waals surface area contributed by atoms with Gasteiger partial charge in [-0.15, -0.1) is 0 Å². The van der Waals surface area contributed by atoms with Crippen molar-refractivity contribution in [1.82, 2.24) is 15.2 Å². The minimum absolute atomic E-state index is 0.0634. The first kappa shape index (κ1) is 20.9. The Labute approximate surface area is 192 Å². The largest absolute Gasteiger partial charge is 0.464 e. The zero-order valence-electron chi connectivity index (χ0n) is 18.5. The van der Waals surface area contributed by atoms with Gasteiger partial charge < -0.3 is 14.6 Å². The molecule has 1 aliphatic rings. The molecule has 6 heteroatoms. The van der Waals surface area contributed by atoms with Crippen LogP contribution in [-0.4, -0.2) is 40.8 Å². The fourth-order valence-corrected chi connectivity index (χ4v) is 4.41. The Kier molecular flexibility index (Phi) is 5.65. The summed E-state index contributed by atoms with van der Waals surface area (Å²) in [4.78, 5) is 31.8. The zero-order valence-corrected chi connectivity index (χ0v) is 18.5. The van der Waals surface area contributed by atoms with Crippen LogP contribution in [0.15, 0.2) is 77.7 Å². The zero-order chi connectivity index (χ0) is 22.8. The minimum atomic E-state index is -0.529. The van der Waals surface area contributed by atoms with Gasteiger partial charge in [-0.2, -0.15) is 0 Å². The van der Waals surface area contributed by atoms with E-state index in [0.29, 0.717) is 19.5 Å². The lowest BCUT2D eigenvalue weighted by Crippen LogP contribution is -2.58. The number of fused-ring (bicyclic) bond motifs is 1. The number of piperazine rings is 1. The quantitative estimate of drug-likeness (QED) is 0.512. The molecule has 33 heavy (non-hydrogen) atoms. The maximum atomic E-state index is 13.3. The van der Waals surface area contributed by atoms with Crippen molar-refractivity contribution in [3.63, 3.8) is 0 Å². The van der Waals surface area contributed by atoms with Gasteiger partial charge in [-0.05, 0) is 47.4 Å². The Morgan fingerprint density at radius 1 is 1.09 bits per heavy atom. The van der Waals surface area contributed by atoms with Crippen LogP contribution in [-0.2, 0) is 22.4 Å². The lowest BCUT2D eigenvalue weighted by molar-refractivity contribution is -0.142. The maximum Gasteiger partial charge on any atom is 0.243 e. The van der Waals surface area contributed by atoms with Crippen molar-refractivity contribution in [3.05, 3.63) is 89.9 Å². The van der Waals surface area contributed by atoms with Gasteiger partial charge in [0.1, 0.15) is 11.6 Å². The molecule has 6 nitrogen and oxygen atoms in total. The van der Waals surface area contributed by atoms with E-state index in [4.69, 9.17) is 4.42 Å². The monoisotopic (exact) mass is 439 g/mol. The molecular weight excluding hydrogens is 414 g/mol. The number of furan rings is 1. The molecule has 1 N–H and O–H groups in total. The van der Waals surface area contributed by atoms with Crippen molar-refractivity contribution in [2.45, 2.75) is 25.8 Å². The van der Waals surface area contributed by atoms with E-state index in [2.05, 4.69) is 10.3 Å². The molecule has 3 heterocycles. The summed E-state index contributed by atoms with van der Waals surface area (Å²) < 4.78 is 5.66. The number of nitrogens with one attached hydrogen (secondary N) is 1. The average Bonchev–Trinajstić information content (AvgIpc) is 3.23. The number of carbonyl (C=O) groups excluding carboxylic acids is 2. The number of nitrogens with zero attached hydrogens (tertiary/aromatic N) is 2. The van der Waals surface area contributed by atoms with Crippen LogP contribution in [0.4, 0.5) is 0 Å². The smallest absolute Gasteiger partial charge is 0.243 e. The van der Waals surface area contributed by atoms with E-state index in [1.54, 1.807) is 23.6 Å². The highest BCUT2D eigenvalue weighted by Gasteiger charge is 2.33. The number of hydrogen-bond donors (Lipinski definition) is 1. The van der Waals surface area contributed by atoms with E-state index in [0.717, 1.165) is 38.8 Å². The summed E-state index contributed by atoms with van der Waals surface area (Å²) in [7, 11) is 0. The van der Waals surface area contributed by atoms with Crippen LogP contribution in [0.5, 0.6) is 0 Å². The number of aromatic nitrogens is 1. The number of carbonyl (C=O) groups is 2. The van der Waals surface area contributed by atoms with E-state index < -0.39 is 6.04 Å². The van der Waals surface area contributed by atoms with Gasteiger partial charge in [-0.3, -0.25) is 14.6 Å². The first-order valence-electron chi connectivity index (χ1n) is 11.1. The summed E-state index contributed by atoms with van der Waals surface area (Å²) in [6.45, 7) is 2.97. The van der Waals surface area contributed by atoms with E-state index in [9.17, 15) is 9.59 Å². The van der Waals surface area contributed by atoms with Gasteiger partial charge in [-0.25, -0.2) is 0 Å². The minimum Gasteiger partial charge on any atom is -0.464 e. The van der Waals surface area contributed by atoms with Gasteiger partial charge in [0, 0.05) is 42.9 Å². The number of rotatable bonds is 5. The second-order valence-corrected chi connectivity index (χ2v) is 8.47. The summed E-state index contributed by atoms with van der Waals surface area (Å²) >= 11 is 0. The number of hydrogen-bond acceptors (Lipinski definition) is 4. The highest BCUT2D eigenvalue weighted by Crippen LogP contribution is 2.25. The molecule has 0 radical (unpaired) electrons. The van der Waals surface area contributed by atoms with Crippen LogP contribution >= 0.6 is 0 Å². The molecular formula is C27H25N3O3. The molecule has 0 unspecified atom stereocenters. The van der Waals surface area contributed by atoms with Crippen LogP contribution in [0, 0.1) is 6.92 Å². The van der Waals surface area contributed by atoms with Gasteiger partial charge in [-0.1, -0.05) is 36.4 Å². The summed E-state index contributed by atoms with van der Waals surface area (Å²) in [5, 5.41) is 3.85. The molecule has 4 aromatic rings. The number of amides is 2. The van der Waals surface area contributed by atoms with Gasteiger partial charge in [0.2, 0.25) is 11.8 Å². The summed E-state index contributed by atoms with van der Waals surface area (Å²) in [5.74, 6) is -0.174. The van der Waals surface area contributed by atoms with Crippen LogP contribution in [0.1, 0.15) is 16.7 Å². The summed E-state index contributed by atoms with van der Waals surface area (Å²) in [6, 6.07) is 17.5. The SMILES string of the molecule is Cc1ccc2c(CC(=O)N3CCNC(=O)[C@H]3Cc3ccc(-c4ccncc4)cc3)coc2c1. The molecule has 2 amide bonds. The van der Waals surface area contributed by atoms with Gasteiger partial charge in [0.15, 0.2) is 0 Å². The molecule has 1 aliphatic heterocycles. The van der Waals surface area contributed by atoms with E-state index >= 15 is 0 Å². The summed E-state index contributed by atoms with van der Waals surface area (Å²) in [6.07, 6.45) is 5.87. The van der Waals surface area contributed by atoms with Crippen molar-refractivity contribution in [3.8, 4) is 11.1 Å². The van der Waals surface area contributed by atoms with Crippen molar-refractivity contribution in [2.24, 2.45) is 0 Å². The first-order valence-corrected chi connectivity index (χ1v) is 11.1. The van der Waals surface area contributed by atoms with Crippen molar-refractivity contribution >= 4 is 22.8 Å². The van der Waals surface area contributed by atoms with E-state index in [1.807, 2.05) is 61.5 Å². The third-order valence-electron chi connectivity index (χ3n) is 6.20. The fraction of sp³-hybridized carbons (Fsp3) is 0.222. The second-order valence-electron chi connectivity index (χ2n) is 8.47. The maximum absolute atomic E-state index is 13.3. The predicted octanol–water partition coefficient (Wildman–Crippen LogP) is 3.92. The topological polar surface area (TPSA) is 75.4 Å². The highest BCUT2D eigenvalue weighted by atomic mass is 16.3. The Hall–Kier alpha value is -3.93. The third-order valence-corrected chi connectivity index (χ3v) is 6.20. The fourth-order valence-electron chi connectivity index (χ4n) is 4.41. The van der Waals surface area contributed by atoms with E-state index in [-0.39, 0.29) is 18.2 Å². The highest BCUT2D eigenvalue weighted by molar-refractivity contribution is 5.92. The lowest BCUT2D eigenvalue weighted by atomic mass is 9.98. The molecule has 2 aromatic heterocycles. The molecule has 166 valence electrons. The Bertz CT molecular complexity index is 1300. The molecule has 0 bridgehead atoms. The summed E-state index contributed by atoms with van der Waals surface area (Å²) in [5.41, 5.74) is 5.92. The molecule has 1 atom stereocenters. The van der Waals surface area contributed by atoms with Crippen molar-refractivity contribution in [1.29, 1.82) is 0 Å². The Morgan fingerprint density at radius 2 is 1.85 bits per heavy atom. The molecule has 1 saturated heterocycles. The second kappa shape index (κ2) is 8.90. The van der Waals surface area contributed by atoms with Gasteiger partial charge in [0.25, 0.3) is 0 Å². The predicted molar refractivity (Wildman–Crippen MR) is 127 cm³/mol.